The molecule has 0 unspecified atom stereocenters. The van der Waals surface area contributed by atoms with Gasteiger partial charge in [-0.2, -0.15) is 5.10 Å². The van der Waals surface area contributed by atoms with Crippen LogP contribution in [0.5, 0.6) is 0 Å². The Balaban J connectivity index is 1.83. The summed E-state index contributed by atoms with van der Waals surface area (Å²) in [5.74, 6) is -0.438. The highest BCUT2D eigenvalue weighted by atomic mass is 16.2. The summed E-state index contributed by atoms with van der Waals surface area (Å²) in [6.07, 6.45) is 4.34. The van der Waals surface area contributed by atoms with Crippen molar-refractivity contribution in [1.82, 2.24) is 30.4 Å². The van der Waals surface area contributed by atoms with E-state index in [1.807, 2.05) is 18.5 Å². The molecule has 3 N–H and O–H groups in total. The minimum atomic E-state index is -0.617. The number of nitrogens with one attached hydrogen (secondary N) is 3. The van der Waals surface area contributed by atoms with Crippen LogP contribution in [0.4, 0.5) is 0 Å². The summed E-state index contributed by atoms with van der Waals surface area (Å²) in [6, 6.07) is -0.617. The highest BCUT2D eigenvalue weighted by Gasteiger charge is 2.20. The van der Waals surface area contributed by atoms with Gasteiger partial charge >= 0.3 is 0 Å². The summed E-state index contributed by atoms with van der Waals surface area (Å²) in [6.45, 7) is 8.77. The Kier molecular flexibility index (Phi) is 6.32. The number of aromatic nitrogens is 4. The number of amides is 2. The molecule has 136 valence electrons. The third kappa shape index (κ3) is 5.17. The first-order valence-electron chi connectivity index (χ1n) is 8.41. The number of aryl methyl sites for hydroxylation is 2. The number of nitrogens with zero attached hydrogens (tertiary/aromatic N) is 3. The number of carbonyl (C=O) groups excluding carboxylic acids is 2. The fourth-order valence-corrected chi connectivity index (χ4v) is 2.64. The van der Waals surface area contributed by atoms with Gasteiger partial charge in [0.2, 0.25) is 11.8 Å². The van der Waals surface area contributed by atoms with Gasteiger partial charge in [0, 0.05) is 44.0 Å². The van der Waals surface area contributed by atoms with Crippen LogP contribution in [0.25, 0.3) is 0 Å². The summed E-state index contributed by atoms with van der Waals surface area (Å²) in [4.78, 5) is 30.6. The van der Waals surface area contributed by atoms with Crippen LogP contribution >= 0.6 is 0 Å². The molecule has 2 aromatic heterocycles. The molecule has 1 atom stereocenters. The van der Waals surface area contributed by atoms with Crippen molar-refractivity contribution in [3.05, 3.63) is 35.2 Å². The minimum absolute atomic E-state index is 0.200. The first-order chi connectivity index (χ1) is 11.9. The lowest BCUT2D eigenvalue weighted by Crippen LogP contribution is -2.47. The molecule has 0 aliphatic carbocycles. The highest BCUT2D eigenvalue weighted by Crippen LogP contribution is 2.11. The van der Waals surface area contributed by atoms with E-state index in [4.69, 9.17) is 0 Å². The van der Waals surface area contributed by atoms with Gasteiger partial charge in [0.25, 0.3) is 0 Å². The Morgan fingerprint density at radius 1 is 1.32 bits per heavy atom. The fraction of sp³-hybridized carbons (Fsp3) is 0.529. The maximum atomic E-state index is 12.4. The Morgan fingerprint density at radius 3 is 2.64 bits per heavy atom. The molecular weight excluding hydrogens is 320 g/mol. The van der Waals surface area contributed by atoms with Gasteiger partial charge in [-0.15, -0.1) is 0 Å². The number of hydrogen-bond donors (Lipinski definition) is 3. The lowest BCUT2D eigenvalue weighted by atomic mass is 10.1. The predicted molar refractivity (Wildman–Crippen MR) is 94.0 cm³/mol. The first kappa shape index (κ1) is 18.7. The molecule has 8 nitrogen and oxygen atoms in total. The second kappa shape index (κ2) is 8.46. The molecule has 8 heteroatoms. The molecule has 0 bridgehead atoms. The quantitative estimate of drug-likeness (QED) is 0.615. The van der Waals surface area contributed by atoms with Gasteiger partial charge in [0.15, 0.2) is 0 Å². The van der Waals surface area contributed by atoms with E-state index in [2.05, 4.69) is 32.6 Å². The number of rotatable bonds is 8. The minimum Gasteiger partial charge on any atom is -0.354 e. The van der Waals surface area contributed by atoms with Gasteiger partial charge in [0.1, 0.15) is 6.04 Å². The maximum absolute atomic E-state index is 12.4. The number of aromatic amines is 1. The second-order valence-corrected chi connectivity index (χ2v) is 6.20. The van der Waals surface area contributed by atoms with Gasteiger partial charge in [-0.05, 0) is 32.8 Å². The van der Waals surface area contributed by atoms with Crippen molar-refractivity contribution in [2.45, 2.75) is 53.1 Å². The normalized spacial score (nSPS) is 12.0. The average molecular weight is 346 g/mol. The molecule has 0 aliphatic heterocycles. The van der Waals surface area contributed by atoms with Crippen LogP contribution in [-0.2, 0) is 22.6 Å². The molecule has 0 saturated carbocycles. The van der Waals surface area contributed by atoms with E-state index in [0.29, 0.717) is 13.0 Å². The van der Waals surface area contributed by atoms with Crippen molar-refractivity contribution in [2.24, 2.45) is 0 Å². The van der Waals surface area contributed by atoms with Crippen molar-refractivity contribution in [2.75, 3.05) is 6.54 Å². The predicted octanol–water partition coefficient (Wildman–Crippen LogP) is 0.785. The molecule has 2 heterocycles. The summed E-state index contributed by atoms with van der Waals surface area (Å²) in [5, 5.41) is 10.0. The standard InChI is InChI=1S/C17H26N6O2/c1-11-12(2)22-23(13(11)3)7-5-6-19-17(25)16(21-14(4)24)8-15-9-18-10-20-15/h9-10,16H,5-8H2,1-4H3,(H,18,20)(H,19,25)(H,21,24)/t16-/m0/s1. The lowest BCUT2D eigenvalue weighted by Gasteiger charge is -2.17. The average Bonchev–Trinajstić information content (AvgIpc) is 3.15. The van der Waals surface area contributed by atoms with Crippen LogP contribution in [0.3, 0.4) is 0 Å². The number of imidazole rings is 1. The largest absolute Gasteiger partial charge is 0.354 e. The summed E-state index contributed by atoms with van der Waals surface area (Å²) in [7, 11) is 0. The van der Waals surface area contributed by atoms with E-state index in [1.165, 1.54) is 12.5 Å². The smallest absolute Gasteiger partial charge is 0.242 e. The fourth-order valence-electron chi connectivity index (χ4n) is 2.64. The van der Waals surface area contributed by atoms with Crippen LogP contribution in [0.1, 0.15) is 36.0 Å². The van der Waals surface area contributed by atoms with Crippen molar-refractivity contribution >= 4 is 11.8 Å². The molecule has 2 aromatic rings. The molecule has 2 amide bonds. The molecule has 0 aliphatic rings. The topological polar surface area (TPSA) is 105 Å². The van der Waals surface area contributed by atoms with Crippen LogP contribution in [0.2, 0.25) is 0 Å². The SMILES string of the molecule is CC(=O)N[C@@H](Cc1cnc[nH]1)C(=O)NCCCn1nc(C)c(C)c1C. The van der Waals surface area contributed by atoms with Gasteiger partial charge in [-0.3, -0.25) is 14.3 Å². The molecule has 0 spiro atoms. The Labute approximate surface area is 147 Å². The second-order valence-electron chi connectivity index (χ2n) is 6.20. The van der Waals surface area contributed by atoms with E-state index in [0.717, 1.165) is 30.0 Å². The third-order valence-electron chi connectivity index (χ3n) is 4.26. The van der Waals surface area contributed by atoms with Crippen LogP contribution in [0, 0.1) is 20.8 Å². The number of hydrogen-bond acceptors (Lipinski definition) is 4. The zero-order chi connectivity index (χ0) is 18.4. The number of H-pyrrole nitrogens is 1. The highest BCUT2D eigenvalue weighted by molar-refractivity contribution is 5.87. The summed E-state index contributed by atoms with van der Waals surface area (Å²) < 4.78 is 1.97. The van der Waals surface area contributed by atoms with Crippen LogP contribution in [0.15, 0.2) is 12.5 Å². The van der Waals surface area contributed by atoms with Gasteiger partial charge in [-0.25, -0.2) is 4.98 Å². The Hall–Kier alpha value is -2.64. The van der Waals surface area contributed by atoms with E-state index in [1.54, 1.807) is 12.5 Å². The van der Waals surface area contributed by atoms with Crippen LogP contribution in [-0.4, -0.2) is 44.1 Å². The van der Waals surface area contributed by atoms with Crippen LogP contribution < -0.4 is 10.6 Å². The Bertz CT molecular complexity index is 720. The Morgan fingerprint density at radius 2 is 2.08 bits per heavy atom. The summed E-state index contributed by atoms with van der Waals surface area (Å²) in [5.41, 5.74) is 4.19. The van der Waals surface area contributed by atoms with Crippen molar-refractivity contribution in [3.63, 3.8) is 0 Å². The van der Waals surface area contributed by atoms with Gasteiger partial charge < -0.3 is 15.6 Å². The molecule has 2 rings (SSSR count). The lowest BCUT2D eigenvalue weighted by molar-refractivity contribution is -0.128. The first-order valence-corrected chi connectivity index (χ1v) is 8.41. The van der Waals surface area contributed by atoms with E-state index < -0.39 is 6.04 Å². The zero-order valence-electron chi connectivity index (χ0n) is 15.2. The van der Waals surface area contributed by atoms with E-state index >= 15 is 0 Å². The number of carbonyl (C=O) groups is 2. The molecule has 0 radical (unpaired) electrons. The summed E-state index contributed by atoms with van der Waals surface area (Å²) >= 11 is 0. The van der Waals surface area contributed by atoms with E-state index in [-0.39, 0.29) is 11.8 Å². The van der Waals surface area contributed by atoms with Crippen molar-refractivity contribution < 1.29 is 9.59 Å². The van der Waals surface area contributed by atoms with Gasteiger partial charge in [0.05, 0.1) is 12.0 Å². The third-order valence-corrected chi connectivity index (χ3v) is 4.26. The zero-order valence-corrected chi connectivity index (χ0v) is 15.2. The van der Waals surface area contributed by atoms with Crippen molar-refractivity contribution in [3.8, 4) is 0 Å². The molecule has 0 saturated heterocycles. The molecule has 0 aromatic carbocycles. The monoisotopic (exact) mass is 346 g/mol. The molecular formula is C17H26N6O2. The molecule has 0 fully saturated rings. The van der Waals surface area contributed by atoms with Crippen molar-refractivity contribution in [1.29, 1.82) is 0 Å². The van der Waals surface area contributed by atoms with E-state index in [9.17, 15) is 9.59 Å². The maximum Gasteiger partial charge on any atom is 0.242 e. The molecule has 25 heavy (non-hydrogen) atoms. The van der Waals surface area contributed by atoms with Gasteiger partial charge in [-0.1, -0.05) is 0 Å².